The quantitative estimate of drug-likeness (QED) is 0.417. The van der Waals surface area contributed by atoms with E-state index in [1.165, 1.54) is 63.5 Å². The molecule has 0 saturated heterocycles. The minimum absolute atomic E-state index is 1.13. The van der Waals surface area contributed by atoms with E-state index in [0.29, 0.717) is 0 Å². The van der Waals surface area contributed by atoms with Gasteiger partial charge in [0.05, 0.1) is 13.1 Å². The molecule has 0 bridgehead atoms. The number of unbranched alkanes of at least 4 members (excludes halogenated alkanes) is 5. The molecule has 0 atom stereocenters. The van der Waals surface area contributed by atoms with Crippen molar-refractivity contribution >= 4 is 0 Å². The molecule has 2 aromatic rings. The molecule has 2 heteroatoms. The van der Waals surface area contributed by atoms with Gasteiger partial charge in [0.15, 0.2) is 0 Å². The summed E-state index contributed by atoms with van der Waals surface area (Å²) in [5.74, 6) is 0. The Labute approximate surface area is 135 Å². The first-order valence-electron chi connectivity index (χ1n) is 8.97. The van der Waals surface area contributed by atoms with Crippen molar-refractivity contribution in [3.05, 3.63) is 54.6 Å². The second kappa shape index (κ2) is 10.2. The van der Waals surface area contributed by atoms with E-state index >= 15 is 0 Å². The summed E-state index contributed by atoms with van der Waals surface area (Å²) in [4.78, 5) is 0. The number of rotatable bonds is 11. The van der Waals surface area contributed by atoms with Crippen molar-refractivity contribution in [3.8, 4) is 0 Å². The van der Waals surface area contributed by atoms with Crippen LogP contribution in [0, 0.1) is 0 Å². The SMILES string of the molecule is CCCCCCC[n+]1ccn(CCCCc2ccccc2)c1. The van der Waals surface area contributed by atoms with E-state index in [4.69, 9.17) is 0 Å². The molecule has 0 radical (unpaired) electrons. The number of aryl methyl sites for hydroxylation is 3. The minimum Gasteiger partial charge on any atom is -0.237 e. The molecule has 0 unspecified atom stereocenters. The Morgan fingerprint density at radius 1 is 0.909 bits per heavy atom. The molecule has 0 saturated carbocycles. The van der Waals surface area contributed by atoms with E-state index in [1.54, 1.807) is 0 Å². The summed E-state index contributed by atoms with van der Waals surface area (Å²) in [7, 11) is 0. The molecule has 22 heavy (non-hydrogen) atoms. The molecular formula is C20H31N2+. The van der Waals surface area contributed by atoms with Crippen molar-refractivity contribution in [2.75, 3.05) is 0 Å². The Hall–Kier alpha value is -1.57. The molecule has 0 aliphatic carbocycles. The largest absolute Gasteiger partial charge is 0.243 e. The predicted octanol–water partition coefficient (Wildman–Crippen LogP) is 4.77. The average molecular weight is 299 g/mol. The highest BCUT2D eigenvalue weighted by Gasteiger charge is 2.03. The van der Waals surface area contributed by atoms with Crippen molar-refractivity contribution in [2.24, 2.45) is 0 Å². The van der Waals surface area contributed by atoms with Crippen LogP contribution in [0.2, 0.25) is 0 Å². The maximum absolute atomic E-state index is 2.34. The van der Waals surface area contributed by atoms with Crippen LogP contribution in [-0.4, -0.2) is 4.57 Å². The van der Waals surface area contributed by atoms with Gasteiger partial charge in [0.25, 0.3) is 0 Å². The van der Waals surface area contributed by atoms with Gasteiger partial charge < -0.3 is 0 Å². The van der Waals surface area contributed by atoms with Crippen LogP contribution in [0.3, 0.4) is 0 Å². The number of hydrogen-bond donors (Lipinski definition) is 0. The van der Waals surface area contributed by atoms with Crippen LogP contribution in [-0.2, 0) is 19.5 Å². The fraction of sp³-hybridized carbons (Fsp3) is 0.550. The summed E-state index contributed by atoms with van der Waals surface area (Å²) in [6, 6.07) is 10.8. The number of aromatic nitrogens is 2. The van der Waals surface area contributed by atoms with Crippen molar-refractivity contribution in [3.63, 3.8) is 0 Å². The Morgan fingerprint density at radius 3 is 2.55 bits per heavy atom. The van der Waals surface area contributed by atoms with Crippen molar-refractivity contribution in [1.29, 1.82) is 0 Å². The maximum atomic E-state index is 2.34. The third kappa shape index (κ3) is 6.46. The standard InChI is InChI=1S/C20H31N2/c1-2-3-4-5-10-15-21-17-18-22(19-21)16-11-9-14-20-12-7-6-8-13-20/h6-8,12-13,17-19H,2-5,9-11,14-16H2,1H3/q+1. The summed E-state index contributed by atoms with van der Waals surface area (Å²) < 4.78 is 4.67. The molecule has 0 N–H and O–H groups in total. The van der Waals surface area contributed by atoms with Crippen LogP contribution in [0.15, 0.2) is 49.1 Å². The van der Waals surface area contributed by atoms with Crippen molar-refractivity contribution in [1.82, 2.24) is 4.57 Å². The van der Waals surface area contributed by atoms with E-state index in [1.807, 2.05) is 0 Å². The van der Waals surface area contributed by atoms with E-state index in [-0.39, 0.29) is 0 Å². The Kier molecular flexibility index (Phi) is 7.79. The van der Waals surface area contributed by atoms with Crippen LogP contribution in [0.1, 0.15) is 57.4 Å². The summed E-state index contributed by atoms with van der Waals surface area (Å²) in [5.41, 5.74) is 1.46. The highest BCUT2D eigenvalue weighted by Crippen LogP contribution is 2.06. The smallest absolute Gasteiger partial charge is 0.237 e. The van der Waals surface area contributed by atoms with Gasteiger partial charge in [0, 0.05) is 0 Å². The van der Waals surface area contributed by atoms with E-state index in [2.05, 4.69) is 65.1 Å². The molecule has 1 heterocycles. The second-order valence-corrected chi connectivity index (χ2v) is 6.25. The second-order valence-electron chi connectivity index (χ2n) is 6.25. The summed E-state index contributed by atoms with van der Waals surface area (Å²) in [6.07, 6.45) is 17.2. The van der Waals surface area contributed by atoms with Gasteiger partial charge in [-0.1, -0.05) is 56.5 Å². The van der Waals surface area contributed by atoms with Crippen LogP contribution in [0.25, 0.3) is 0 Å². The number of nitrogens with zero attached hydrogens (tertiary/aromatic N) is 2. The monoisotopic (exact) mass is 299 g/mol. The molecule has 120 valence electrons. The van der Waals surface area contributed by atoms with Gasteiger partial charge in [0.1, 0.15) is 12.4 Å². The maximum Gasteiger partial charge on any atom is 0.243 e. The topological polar surface area (TPSA) is 8.81 Å². The first-order chi connectivity index (χ1) is 10.9. The fourth-order valence-corrected chi connectivity index (χ4v) is 2.87. The molecule has 1 aromatic heterocycles. The normalized spacial score (nSPS) is 11.0. The summed E-state index contributed by atoms with van der Waals surface area (Å²) in [6.45, 7) is 4.57. The lowest BCUT2D eigenvalue weighted by atomic mass is 10.1. The molecule has 0 spiro atoms. The number of imidazole rings is 1. The van der Waals surface area contributed by atoms with Crippen molar-refractivity contribution in [2.45, 2.75) is 71.4 Å². The van der Waals surface area contributed by atoms with Gasteiger partial charge in [-0.2, -0.15) is 0 Å². The van der Waals surface area contributed by atoms with Gasteiger partial charge >= 0.3 is 0 Å². The fourth-order valence-electron chi connectivity index (χ4n) is 2.87. The highest BCUT2D eigenvalue weighted by atomic mass is 15.1. The van der Waals surface area contributed by atoms with E-state index in [0.717, 1.165) is 6.54 Å². The molecular weight excluding hydrogens is 268 g/mol. The molecule has 2 rings (SSSR count). The van der Waals surface area contributed by atoms with Gasteiger partial charge in [-0.05, 0) is 37.7 Å². The Bertz CT molecular complexity index is 501. The zero-order chi connectivity index (χ0) is 15.5. The van der Waals surface area contributed by atoms with Crippen LogP contribution in [0.4, 0.5) is 0 Å². The Balaban J connectivity index is 1.58. The van der Waals surface area contributed by atoms with Crippen LogP contribution in [0.5, 0.6) is 0 Å². The molecule has 0 amide bonds. The van der Waals surface area contributed by atoms with E-state index in [9.17, 15) is 0 Å². The van der Waals surface area contributed by atoms with E-state index < -0.39 is 0 Å². The zero-order valence-corrected chi connectivity index (χ0v) is 14.1. The molecule has 0 aliphatic heterocycles. The Morgan fingerprint density at radius 2 is 1.73 bits per heavy atom. The predicted molar refractivity (Wildman–Crippen MR) is 92.8 cm³/mol. The van der Waals surface area contributed by atoms with Gasteiger partial charge in [-0.15, -0.1) is 0 Å². The molecule has 0 fully saturated rings. The number of benzene rings is 1. The zero-order valence-electron chi connectivity index (χ0n) is 14.1. The average Bonchev–Trinajstić information content (AvgIpc) is 3.00. The first-order valence-corrected chi connectivity index (χ1v) is 8.97. The lowest BCUT2D eigenvalue weighted by Crippen LogP contribution is -2.30. The lowest BCUT2D eigenvalue weighted by Gasteiger charge is -2.00. The summed E-state index contributed by atoms with van der Waals surface area (Å²) >= 11 is 0. The number of hydrogen-bond acceptors (Lipinski definition) is 0. The van der Waals surface area contributed by atoms with Gasteiger partial charge in [0.2, 0.25) is 6.33 Å². The third-order valence-corrected chi connectivity index (χ3v) is 4.24. The summed E-state index contributed by atoms with van der Waals surface area (Å²) in [5, 5.41) is 0. The van der Waals surface area contributed by atoms with Crippen LogP contribution >= 0.6 is 0 Å². The minimum atomic E-state index is 1.13. The lowest BCUT2D eigenvalue weighted by molar-refractivity contribution is -0.696. The van der Waals surface area contributed by atoms with Gasteiger partial charge in [-0.3, -0.25) is 0 Å². The molecule has 0 aliphatic rings. The third-order valence-electron chi connectivity index (χ3n) is 4.24. The molecule has 2 nitrogen and oxygen atoms in total. The van der Waals surface area contributed by atoms with Crippen LogP contribution < -0.4 is 4.57 Å². The van der Waals surface area contributed by atoms with Crippen molar-refractivity contribution < 1.29 is 4.57 Å². The molecule has 1 aromatic carbocycles. The van der Waals surface area contributed by atoms with Gasteiger partial charge in [-0.25, -0.2) is 9.13 Å². The highest BCUT2D eigenvalue weighted by molar-refractivity contribution is 5.14. The first kappa shape index (κ1) is 16.8.